The van der Waals surface area contributed by atoms with Crippen molar-refractivity contribution in [1.29, 1.82) is 0 Å². The van der Waals surface area contributed by atoms with Gasteiger partial charge in [-0.15, -0.1) is 0 Å². The summed E-state index contributed by atoms with van der Waals surface area (Å²) in [5.74, 6) is -0.493. The van der Waals surface area contributed by atoms with Gasteiger partial charge in [-0.1, -0.05) is 6.07 Å². The zero-order chi connectivity index (χ0) is 12.3. The molecule has 0 aliphatic heterocycles. The molecule has 3 nitrogen and oxygen atoms in total. The number of halogens is 3. The van der Waals surface area contributed by atoms with Crippen LogP contribution < -0.4 is 0 Å². The fraction of sp³-hybridized carbons (Fsp3) is 0.400. The molecule has 1 atom stereocenters. The predicted molar refractivity (Wildman–Crippen MR) is 49.4 cm³/mol. The van der Waals surface area contributed by atoms with Gasteiger partial charge < -0.3 is 4.74 Å². The predicted octanol–water partition coefficient (Wildman–Crippen LogP) is 2.72. The Morgan fingerprint density at radius 2 is 2.06 bits per heavy atom. The summed E-state index contributed by atoms with van der Waals surface area (Å²) in [6, 6.07) is 2.10. The van der Waals surface area contributed by atoms with Crippen molar-refractivity contribution < 1.29 is 22.7 Å². The van der Waals surface area contributed by atoms with E-state index in [0.29, 0.717) is 5.56 Å². The first kappa shape index (κ1) is 12.5. The average Bonchev–Trinajstić information content (AvgIpc) is 2.15. The molecule has 1 heterocycles. The van der Waals surface area contributed by atoms with E-state index in [4.69, 9.17) is 4.74 Å². The molecule has 0 unspecified atom stereocenters. The molecule has 0 aliphatic carbocycles. The van der Waals surface area contributed by atoms with E-state index in [1.54, 1.807) is 6.92 Å². The van der Waals surface area contributed by atoms with E-state index in [1.165, 1.54) is 13.0 Å². The van der Waals surface area contributed by atoms with Gasteiger partial charge in [-0.2, -0.15) is 13.2 Å². The zero-order valence-electron chi connectivity index (χ0n) is 8.71. The summed E-state index contributed by atoms with van der Waals surface area (Å²) < 4.78 is 41.4. The van der Waals surface area contributed by atoms with Crippen LogP contribution in [0.1, 0.15) is 31.2 Å². The highest BCUT2D eigenvalue weighted by Gasteiger charge is 2.32. The number of carbonyl (C=O) groups excluding carboxylic acids is 1. The third-order valence-electron chi connectivity index (χ3n) is 1.89. The highest BCUT2D eigenvalue weighted by Crippen LogP contribution is 2.28. The summed E-state index contributed by atoms with van der Waals surface area (Å²) in [5, 5.41) is 0. The number of ether oxygens (including phenoxy) is 1. The molecule has 0 fully saturated rings. The third-order valence-corrected chi connectivity index (χ3v) is 1.89. The van der Waals surface area contributed by atoms with Gasteiger partial charge in [0.2, 0.25) is 0 Å². The Labute approximate surface area is 90.2 Å². The number of carbonyl (C=O) groups is 1. The molecule has 0 saturated heterocycles. The first-order chi connectivity index (χ1) is 7.30. The van der Waals surface area contributed by atoms with E-state index < -0.39 is 23.9 Å². The standard InChI is InChI=1S/C10H10F3NO2/c1-6(16-7(2)15)8-3-4-9(14-5-8)10(11,12)13/h3-6H,1-2H3/t6-/m1/s1. The molecule has 0 saturated carbocycles. The Hall–Kier alpha value is -1.59. The Morgan fingerprint density at radius 3 is 2.44 bits per heavy atom. The highest BCUT2D eigenvalue weighted by molar-refractivity contribution is 5.66. The zero-order valence-corrected chi connectivity index (χ0v) is 8.71. The Balaban J connectivity index is 2.83. The van der Waals surface area contributed by atoms with Crippen molar-refractivity contribution in [3.8, 4) is 0 Å². The maximum Gasteiger partial charge on any atom is 0.433 e. The van der Waals surface area contributed by atoms with Crippen LogP contribution in [-0.2, 0) is 15.7 Å². The number of esters is 1. The second-order valence-electron chi connectivity index (χ2n) is 3.23. The van der Waals surface area contributed by atoms with Crippen LogP contribution in [0.25, 0.3) is 0 Å². The first-order valence-corrected chi connectivity index (χ1v) is 4.51. The average molecular weight is 233 g/mol. The fourth-order valence-corrected chi connectivity index (χ4v) is 1.13. The lowest BCUT2D eigenvalue weighted by Gasteiger charge is -2.12. The van der Waals surface area contributed by atoms with Crippen LogP contribution in [0.3, 0.4) is 0 Å². The maximum atomic E-state index is 12.2. The van der Waals surface area contributed by atoms with Gasteiger partial charge in [0.15, 0.2) is 0 Å². The Bertz CT molecular complexity index is 373. The smallest absolute Gasteiger partial charge is 0.433 e. The molecule has 16 heavy (non-hydrogen) atoms. The van der Waals surface area contributed by atoms with E-state index in [-0.39, 0.29) is 0 Å². The molecule has 0 radical (unpaired) electrons. The van der Waals surface area contributed by atoms with Gasteiger partial charge in [-0.05, 0) is 13.0 Å². The quantitative estimate of drug-likeness (QED) is 0.737. The minimum Gasteiger partial charge on any atom is -0.458 e. The van der Waals surface area contributed by atoms with Crippen molar-refractivity contribution in [3.05, 3.63) is 29.6 Å². The minimum atomic E-state index is -4.46. The van der Waals surface area contributed by atoms with Gasteiger partial charge in [0.05, 0.1) is 0 Å². The highest BCUT2D eigenvalue weighted by atomic mass is 19.4. The largest absolute Gasteiger partial charge is 0.458 e. The van der Waals surface area contributed by atoms with Crippen LogP contribution >= 0.6 is 0 Å². The number of hydrogen-bond acceptors (Lipinski definition) is 3. The van der Waals surface area contributed by atoms with E-state index in [9.17, 15) is 18.0 Å². The molecular weight excluding hydrogens is 223 g/mol. The summed E-state index contributed by atoms with van der Waals surface area (Å²) in [7, 11) is 0. The monoisotopic (exact) mass is 233 g/mol. The van der Waals surface area contributed by atoms with Crippen molar-refractivity contribution in [1.82, 2.24) is 4.98 Å². The number of rotatable bonds is 2. The lowest BCUT2D eigenvalue weighted by Crippen LogP contribution is -2.10. The van der Waals surface area contributed by atoms with Gasteiger partial charge in [0.25, 0.3) is 0 Å². The van der Waals surface area contributed by atoms with E-state index >= 15 is 0 Å². The second-order valence-corrected chi connectivity index (χ2v) is 3.23. The number of pyridine rings is 1. The third kappa shape index (κ3) is 3.22. The van der Waals surface area contributed by atoms with Crippen molar-refractivity contribution in [2.45, 2.75) is 26.1 Å². The summed E-state index contributed by atoms with van der Waals surface area (Å²) in [4.78, 5) is 13.9. The van der Waals surface area contributed by atoms with E-state index in [0.717, 1.165) is 12.3 Å². The Kier molecular flexibility index (Phi) is 3.51. The van der Waals surface area contributed by atoms with Crippen LogP contribution in [0, 0.1) is 0 Å². The van der Waals surface area contributed by atoms with Crippen molar-refractivity contribution >= 4 is 5.97 Å². The van der Waals surface area contributed by atoms with E-state index in [2.05, 4.69) is 4.98 Å². The van der Waals surface area contributed by atoms with Gasteiger partial charge >= 0.3 is 12.1 Å². The maximum absolute atomic E-state index is 12.2. The second kappa shape index (κ2) is 4.51. The first-order valence-electron chi connectivity index (χ1n) is 4.51. The number of nitrogens with zero attached hydrogens (tertiary/aromatic N) is 1. The van der Waals surface area contributed by atoms with Gasteiger partial charge in [0.1, 0.15) is 11.8 Å². The molecule has 0 aliphatic rings. The molecule has 88 valence electrons. The fourth-order valence-electron chi connectivity index (χ4n) is 1.13. The molecule has 0 amide bonds. The summed E-state index contributed by atoms with van der Waals surface area (Å²) in [5.41, 5.74) is -0.547. The molecule has 0 spiro atoms. The van der Waals surface area contributed by atoms with Gasteiger partial charge in [-0.25, -0.2) is 0 Å². The number of hydrogen-bond donors (Lipinski definition) is 0. The molecular formula is C10H10F3NO2. The van der Waals surface area contributed by atoms with Crippen LogP contribution in [0.15, 0.2) is 18.3 Å². The van der Waals surface area contributed by atoms with Gasteiger partial charge in [0, 0.05) is 18.7 Å². The van der Waals surface area contributed by atoms with Crippen molar-refractivity contribution in [2.75, 3.05) is 0 Å². The molecule has 0 bridgehead atoms. The minimum absolute atomic E-state index is 0.420. The van der Waals surface area contributed by atoms with Gasteiger partial charge in [-0.3, -0.25) is 9.78 Å². The lowest BCUT2D eigenvalue weighted by atomic mass is 10.2. The molecule has 1 rings (SSSR count). The van der Waals surface area contributed by atoms with E-state index in [1.807, 2.05) is 0 Å². The molecule has 1 aromatic rings. The SMILES string of the molecule is CC(=O)O[C@H](C)c1ccc(C(F)(F)F)nc1. The lowest BCUT2D eigenvalue weighted by molar-refractivity contribution is -0.146. The number of aromatic nitrogens is 1. The van der Waals surface area contributed by atoms with Crippen molar-refractivity contribution in [3.63, 3.8) is 0 Å². The molecule has 1 aromatic heterocycles. The van der Waals surface area contributed by atoms with Crippen molar-refractivity contribution in [2.24, 2.45) is 0 Å². The molecule has 0 aromatic carbocycles. The summed E-state index contributed by atoms with van der Waals surface area (Å²) in [6.45, 7) is 2.79. The molecule has 0 N–H and O–H groups in total. The topological polar surface area (TPSA) is 39.2 Å². The van der Waals surface area contributed by atoms with Crippen LogP contribution in [0.2, 0.25) is 0 Å². The Morgan fingerprint density at radius 1 is 1.44 bits per heavy atom. The normalized spacial score (nSPS) is 13.3. The van der Waals surface area contributed by atoms with Crippen LogP contribution in [-0.4, -0.2) is 11.0 Å². The molecule has 6 heteroatoms. The summed E-state index contributed by atoms with van der Waals surface area (Å²) >= 11 is 0. The van der Waals surface area contributed by atoms with Crippen LogP contribution in [0.4, 0.5) is 13.2 Å². The summed E-state index contributed by atoms with van der Waals surface area (Å²) in [6.07, 6.45) is -4.01. The van der Waals surface area contributed by atoms with Crippen LogP contribution in [0.5, 0.6) is 0 Å². The number of alkyl halides is 3.